The number of amides is 1. The molecule has 2 fully saturated rings. The molecule has 5 nitrogen and oxygen atoms in total. The molecule has 2 saturated carbocycles. The number of anilines is 2. The number of carbonyl (C=O) groups excluding carboxylic acids is 2. The van der Waals surface area contributed by atoms with Crippen LogP contribution in [0.5, 0.6) is 0 Å². The van der Waals surface area contributed by atoms with E-state index in [0.29, 0.717) is 0 Å². The molecule has 1 spiro atoms. The van der Waals surface area contributed by atoms with E-state index in [-0.39, 0.29) is 29.3 Å². The number of nitrogens with one attached hydrogen (secondary N) is 2. The second-order valence-corrected chi connectivity index (χ2v) is 11.2. The van der Waals surface area contributed by atoms with Gasteiger partial charge in [-0.05, 0) is 68.2 Å². The highest BCUT2D eigenvalue weighted by atomic mass is 32.1. The van der Waals surface area contributed by atoms with Gasteiger partial charge < -0.3 is 15.4 Å². The average molecular weight is 475 g/mol. The zero-order chi connectivity index (χ0) is 23.9. The number of hydrogen-bond acceptors (Lipinski definition) is 5. The Labute approximate surface area is 204 Å². The Hall–Kier alpha value is -3.12. The van der Waals surface area contributed by atoms with Crippen molar-refractivity contribution in [2.75, 3.05) is 12.4 Å². The van der Waals surface area contributed by atoms with Crippen molar-refractivity contribution in [3.63, 3.8) is 0 Å². The molecule has 1 aromatic heterocycles. The lowest BCUT2D eigenvalue weighted by molar-refractivity contribution is -0.159. The van der Waals surface area contributed by atoms with Crippen molar-refractivity contribution in [1.82, 2.24) is 5.32 Å². The zero-order valence-corrected chi connectivity index (χ0v) is 20.6. The first-order valence-corrected chi connectivity index (χ1v) is 12.6. The summed E-state index contributed by atoms with van der Waals surface area (Å²) in [7, 11) is 1.45. The van der Waals surface area contributed by atoms with Gasteiger partial charge in [0.2, 0.25) is 0 Å². The maximum Gasteiger partial charge on any atom is 0.308 e. The third kappa shape index (κ3) is 4.23. The normalized spacial score (nSPS) is 23.0. The Bertz CT molecular complexity index is 1200. The van der Waals surface area contributed by atoms with Gasteiger partial charge in [0.25, 0.3) is 5.91 Å². The minimum atomic E-state index is -0.102. The molecule has 2 aliphatic rings. The van der Waals surface area contributed by atoms with E-state index in [1.54, 1.807) is 11.3 Å². The lowest BCUT2D eigenvalue weighted by Gasteiger charge is -2.56. The van der Waals surface area contributed by atoms with Crippen LogP contribution in [-0.2, 0) is 9.53 Å². The van der Waals surface area contributed by atoms with Crippen molar-refractivity contribution in [3.05, 3.63) is 69.9 Å². The van der Waals surface area contributed by atoms with Crippen LogP contribution in [0.1, 0.15) is 45.8 Å². The number of thiophene rings is 1. The van der Waals surface area contributed by atoms with E-state index in [9.17, 15) is 9.59 Å². The summed E-state index contributed by atoms with van der Waals surface area (Å²) in [6.07, 6.45) is 3.65. The molecule has 1 heterocycles. The first-order chi connectivity index (χ1) is 16.4. The topological polar surface area (TPSA) is 67.4 Å². The number of rotatable bonds is 6. The van der Waals surface area contributed by atoms with Gasteiger partial charge in [0, 0.05) is 21.5 Å². The SMILES string of the molecule is COC(=O)C1CC2(CC(NC(=O)c3c(C)sc(C)c3Nc3ccc(-c4ccccc4)cc3)C2)C1. The highest BCUT2D eigenvalue weighted by Crippen LogP contribution is 2.59. The maximum absolute atomic E-state index is 13.2. The van der Waals surface area contributed by atoms with E-state index in [0.717, 1.165) is 57.9 Å². The molecule has 2 N–H and O–H groups in total. The van der Waals surface area contributed by atoms with Crippen molar-refractivity contribution in [3.8, 4) is 11.1 Å². The molecule has 0 saturated heterocycles. The molecule has 176 valence electrons. The summed E-state index contributed by atoms with van der Waals surface area (Å²) in [5, 5.41) is 6.73. The molecule has 3 aromatic rings. The van der Waals surface area contributed by atoms with Crippen molar-refractivity contribution in [2.24, 2.45) is 11.3 Å². The van der Waals surface area contributed by atoms with E-state index in [2.05, 4.69) is 54.0 Å². The quantitative estimate of drug-likeness (QED) is 0.415. The van der Waals surface area contributed by atoms with Crippen LogP contribution in [0.15, 0.2) is 54.6 Å². The highest BCUT2D eigenvalue weighted by Gasteiger charge is 2.55. The van der Waals surface area contributed by atoms with E-state index in [1.165, 1.54) is 12.7 Å². The number of hydrogen-bond donors (Lipinski definition) is 2. The van der Waals surface area contributed by atoms with E-state index >= 15 is 0 Å². The van der Waals surface area contributed by atoms with Gasteiger partial charge in [-0.25, -0.2) is 0 Å². The van der Waals surface area contributed by atoms with Crippen molar-refractivity contribution >= 4 is 34.6 Å². The van der Waals surface area contributed by atoms with Crippen molar-refractivity contribution in [1.29, 1.82) is 0 Å². The van der Waals surface area contributed by atoms with Crippen LogP contribution in [-0.4, -0.2) is 25.0 Å². The summed E-state index contributed by atoms with van der Waals surface area (Å²) < 4.78 is 4.86. The Kier molecular flexibility index (Phi) is 5.94. The zero-order valence-electron chi connectivity index (χ0n) is 19.8. The fourth-order valence-electron chi connectivity index (χ4n) is 5.63. The Morgan fingerprint density at radius 3 is 2.21 bits per heavy atom. The van der Waals surface area contributed by atoms with Gasteiger partial charge in [-0.1, -0.05) is 42.5 Å². The van der Waals surface area contributed by atoms with E-state index in [1.807, 2.05) is 25.1 Å². The lowest BCUT2D eigenvalue weighted by atomic mass is 9.50. The molecule has 2 aromatic carbocycles. The van der Waals surface area contributed by atoms with E-state index in [4.69, 9.17) is 4.74 Å². The Morgan fingerprint density at radius 2 is 1.56 bits per heavy atom. The molecular weight excluding hydrogens is 444 g/mol. The number of esters is 1. The van der Waals surface area contributed by atoms with Gasteiger partial charge in [-0.2, -0.15) is 0 Å². The molecule has 0 radical (unpaired) electrons. The molecular formula is C28H30N2O3S. The minimum absolute atomic E-state index is 0.0195. The predicted molar refractivity (Wildman–Crippen MR) is 137 cm³/mol. The van der Waals surface area contributed by atoms with Crippen molar-refractivity contribution < 1.29 is 14.3 Å². The third-order valence-electron chi connectivity index (χ3n) is 7.34. The van der Waals surface area contributed by atoms with E-state index < -0.39 is 0 Å². The molecule has 34 heavy (non-hydrogen) atoms. The molecule has 0 aliphatic heterocycles. The van der Waals surface area contributed by atoms with Gasteiger partial charge in [0.1, 0.15) is 0 Å². The Morgan fingerprint density at radius 1 is 0.912 bits per heavy atom. The number of benzene rings is 2. The molecule has 5 rings (SSSR count). The first-order valence-electron chi connectivity index (χ1n) is 11.8. The number of carbonyl (C=O) groups is 2. The van der Waals surface area contributed by atoms with Crippen LogP contribution in [0.3, 0.4) is 0 Å². The molecule has 0 atom stereocenters. The van der Waals surface area contributed by atoms with Crippen LogP contribution in [0, 0.1) is 25.2 Å². The van der Waals surface area contributed by atoms with Crippen LogP contribution < -0.4 is 10.6 Å². The monoisotopic (exact) mass is 474 g/mol. The second kappa shape index (κ2) is 8.91. The summed E-state index contributed by atoms with van der Waals surface area (Å²) in [6.45, 7) is 4.06. The summed E-state index contributed by atoms with van der Waals surface area (Å²) in [6, 6.07) is 18.8. The van der Waals surface area contributed by atoms with Crippen LogP contribution in [0.25, 0.3) is 11.1 Å². The summed E-state index contributed by atoms with van der Waals surface area (Å²) in [5.74, 6) is -0.0866. The summed E-state index contributed by atoms with van der Waals surface area (Å²) in [5.41, 5.74) is 5.14. The lowest BCUT2D eigenvalue weighted by Crippen LogP contribution is -2.57. The second-order valence-electron chi connectivity index (χ2n) is 9.74. The van der Waals surface area contributed by atoms with Gasteiger partial charge in [0.15, 0.2) is 0 Å². The summed E-state index contributed by atoms with van der Waals surface area (Å²) in [4.78, 5) is 27.0. The minimum Gasteiger partial charge on any atom is -0.469 e. The smallest absolute Gasteiger partial charge is 0.308 e. The molecule has 1 amide bonds. The van der Waals surface area contributed by atoms with Crippen LogP contribution in [0.4, 0.5) is 11.4 Å². The molecule has 2 aliphatic carbocycles. The molecule has 0 unspecified atom stereocenters. The standard InChI is InChI=1S/C28H30N2O3S/c1-17-24(26(31)30-23-15-28(16-23)13-21(14-28)27(32)33-3)25(18(2)34-17)29-22-11-9-20(10-12-22)19-7-5-4-6-8-19/h4-12,21,23,29H,13-16H2,1-3H3,(H,30,31). The van der Waals surface area contributed by atoms with Gasteiger partial charge in [-0.15, -0.1) is 11.3 Å². The third-order valence-corrected chi connectivity index (χ3v) is 8.36. The van der Waals surface area contributed by atoms with Gasteiger partial charge in [-0.3, -0.25) is 9.59 Å². The maximum atomic E-state index is 13.2. The molecule has 0 bridgehead atoms. The predicted octanol–water partition coefficient (Wildman–Crippen LogP) is 6.24. The number of aryl methyl sites for hydroxylation is 2. The number of methoxy groups -OCH3 is 1. The first kappa shape index (κ1) is 22.7. The largest absolute Gasteiger partial charge is 0.469 e. The van der Waals surface area contributed by atoms with Crippen LogP contribution in [0.2, 0.25) is 0 Å². The van der Waals surface area contributed by atoms with Crippen LogP contribution >= 0.6 is 11.3 Å². The van der Waals surface area contributed by atoms with Crippen molar-refractivity contribution in [2.45, 2.75) is 45.6 Å². The summed E-state index contributed by atoms with van der Waals surface area (Å²) >= 11 is 1.64. The fourth-order valence-corrected chi connectivity index (χ4v) is 6.64. The van der Waals surface area contributed by atoms with Gasteiger partial charge >= 0.3 is 5.97 Å². The average Bonchev–Trinajstić information content (AvgIpc) is 3.07. The number of ether oxygens (including phenoxy) is 1. The highest BCUT2D eigenvalue weighted by molar-refractivity contribution is 7.12. The Balaban J connectivity index is 1.24. The van der Waals surface area contributed by atoms with Gasteiger partial charge in [0.05, 0.1) is 24.3 Å². The fraction of sp³-hybridized carbons (Fsp3) is 0.357. The molecule has 6 heteroatoms.